The lowest BCUT2D eigenvalue weighted by Crippen LogP contribution is -2.45. The molecule has 18 heavy (non-hydrogen) atoms. The maximum Gasteiger partial charge on any atom is 0.124 e. The lowest BCUT2D eigenvalue weighted by atomic mass is 9.74. The van der Waals surface area contributed by atoms with Crippen molar-refractivity contribution in [1.82, 2.24) is 4.90 Å². The van der Waals surface area contributed by atoms with Crippen LogP contribution in [-0.2, 0) is 4.79 Å². The average Bonchev–Trinajstić information content (AvgIpc) is 2.37. The van der Waals surface area contributed by atoms with Gasteiger partial charge in [0.05, 0.1) is 0 Å². The zero-order valence-corrected chi connectivity index (χ0v) is 11.0. The van der Waals surface area contributed by atoms with Gasteiger partial charge in [0.2, 0.25) is 0 Å². The van der Waals surface area contributed by atoms with Crippen molar-refractivity contribution in [2.75, 3.05) is 26.7 Å². The molecule has 0 amide bonds. The number of aliphatic hydroxyl groups excluding tert-OH is 1. The molecule has 3 nitrogen and oxygen atoms in total. The molecular weight excluding hydrogens is 226 g/mol. The van der Waals surface area contributed by atoms with Gasteiger partial charge in [0, 0.05) is 37.5 Å². The third-order valence-electron chi connectivity index (χ3n) is 3.87. The van der Waals surface area contributed by atoms with Gasteiger partial charge in [-0.3, -0.25) is 0 Å². The highest BCUT2D eigenvalue weighted by Gasteiger charge is 2.36. The molecule has 1 fully saturated rings. The number of hydrogen-bond acceptors (Lipinski definition) is 3. The Morgan fingerprint density at radius 3 is 2.83 bits per heavy atom. The Bertz CT molecular complexity index is 419. The molecule has 1 aromatic rings. The fourth-order valence-corrected chi connectivity index (χ4v) is 3.11. The van der Waals surface area contributed by atoms with Crippen LogP contribution in [0.5, 0.6) is 0 Å². The maximum absolute atomic E-state index is 11.3. The highest BCUT2D eigenvalue weighted by Crippen LogP contribution is 2.36. The molecule has 98 valence electrons. The van der Waals surface area contributed by atoms with E-state index < -0.39 is 0 Å². The summed E-state index contributed by atoms with van der Waals surface area (Å²) in [7, 11) is 2.01. The van der Waals surface area contributed by atoms with Crippen LogP contribution in [0.25, 0.3) is 0 Å². The Labute approximate surface area is 108 Å². The number of carbonyl (C=O) groups excluding carboxylic acids is 1. The Hall–Kier alpha value is -1.19. The van der Waals surface area contributed by atoms with E-state index >= 15 is 0 Å². The first kappa shape index (κ1) is 13.2. The topological polar surface area (TPSA) is 40.5 Å². The molecule has 1 heterocycles. The van der Waals surface area contributed by atoms with Crippen molar-refractivity contribution in [1.29, 1.82) is 0 Å². The lowest BCUT2D eigenvalue weighted by Gasteiger charge is -2.40. The number of hydrogen-bond donors (Lipinski definition) is 1. The fourth-order valence-electron chi connectivity index (χ4n) is 3.11. The van der Waals surface area contributed by atoms with E-state index in [9.17, 15) is 9.90 Å². The number of piperidine rings is 1. The van der Waals surface area contributed by atoms with Crippen LogP contribution in [0.2, 0.25) is 0 Å². The van der Waals surface area contributed by atoms with Gasteiger partial charge in [-0.25, -0.2) is 0 Å². The molecule has 1 aromatic carbocycles. The van der Waals surface area contributed by atoms with E-state index in [2.05, 4.69) is 30.0 Å². The maximum atomic E-state index is 11.3. The van der Waals surface area contributed by atoms with Gasteiger partial charge in [0.1, 0.15) is 6.29 Å². The molecule has 0 bridgehead atoms. The molecular formula is C15H21NO2. The van der Waals surface area contributed by atoms with E-state index in [0.29, 0.717) is 0 Å². The molecule has 0 aromatic heterocycles. The standard InChI is InChI=1S/C15H21NO2/c1-11-4-3-5-12(6-11)15-13(9-17)7-16(2)8-14(15)10-18/h3-6,9,13-15,18H,7-8,10H2,1-2H3/t13?,14?,15-/m1/s1. The quantitative estimate of drug-likeness (QED) is 0.822. The second kappa shape index (κ2) is 5.63. The number of rotatable bonds is 3. The molecule has 3 heteroatoms. The molecule has 0 saturated carbocycles. The van der Waals surface area contributed by atoms with E-state index in [1.807, 2.05) is 13.1 Å². The summed E-state index contributed by atoms with van der Waals surface area (Å²) in [6.07, 6.45) is 1.05. The van der Waals surface area contributed by atoms with Gasteiger partial charge in [0.15, 0.2) is 0 Å². The molecule has 0 radical (unpaired) electrons. The molecule has 3 atom stereocenters. The summed E-state index contributed by atoms with van der Waals surface area (Å²) in [5, 5.41) is 9.58. The highest BCUT2D eigenvalue weighted by molar-refractivity contribution is 5.57. The van der Waals surface area contributed by atoms with E-state index in [0.717, 1.165) is 19.4 Å². The van der Waals surface area contributed by atoms with Gasteiger partial charge in [-0.05, 0) is 19.5 Å². The predicted octanol–water partition coefficient (Wildman–Crippen LogP) is 1.45. The Kier molecular flexibility index (Phi) is 4.15. The Balaban J connectivity index is 2.33. The number of benzene rings is 1. The third-order valence-corrected chi connectivity index (χ3v) is 3.87. The van der Waals surface area contributed by atoms with Crippen LogP contribution in [0.1, 0.15) is 17.0 Å². The van der Waals surface area contributed by atoms with Crippen LogP contribution in [0.3, 0.4) is 0 Å². The van der Waals surface area contributed by atoms with Crippen LogP contribution in [0.15, 0.2) is 24.3 Å². The van der Waals surface area contributed by atoms with Crippen molar-refractivity contribution in [3.8, 4) is 0 Å². The SMILES string of the molecule is Cc1cccc([C@@H]2C(C=O)CN(C)CC2CO)c1. The van der Waals surface area contributed by atoms with Gasteiger partial charge in [-0.1, -0.05) is 29.8 Å². The van der Waals surface area contributed by atoms with Crippen LogP contribution in [0.4, 0.5) is 0 Å². The van der Waals surface area contributed by atoms with Crippen molar-refractivity contribution in [3.05, 3.63) is 35.4 Å². The number of likely N-dealkylation sites (tertiary alicyclic amines) is 1. The Morgan fingerprint density at radius 2 is 2.22 bits per heavy atom. The highest BCUT2D eigenvalue weighted by atomic mass is 16.3. The van der Waals surface area contributed by atoms with Crippen molar-refractivity contribution >= 4 is 6.29 Å². The average molecular weight is 247 g/mol. The predicted molar refractivity (Wildman–Crippen MR) is 71.5 cm³/mol. The summed E-state index contributed by atoms with van der Waals surface area (Å²) < 4.78 is 0. The van der Waals surface area contributed by atoms with Crippen LogP contribution in [-0.4, -0.2) is 43.0 Å². The van der Waals surface area contributed by atoms with Crippen molar-refractivity contribution < 1.29 is 9.90 Å². The van der Waals surface area contributed by atoms with Gasteiger partial charge >= 0.3 is 0 Å². The molecule has 2 rings (SSSR count). The first-order valence-corrected chi connectivity index (χ1v) is 6.47. The second-order valence-electron chi connectivity index (χ2n) is 5.40. The number of aldehydes is 1. The minimum atomic E-state index is -0.0253. The van der Waals surface area contributed by atoms with E-state index in [1.54, 1.807) is 0 Å². The van der Waals surface area contributed by atoms with Gasteiger partial charge in [0.25, 0.3) is 0 Å². The minimum absolute atomic E-state index is 0.0253. The number of aliphatic hydroxyl groups is 1. The third kappa shape index (κ3) is 2.62. The Morgan fingerprint density at radius 1 is 1.44 bits per heavy atom. The molecule has 1 saturated heterocycles. The summed E-state index contributed by atoms with van der Waals surface area (Å²) in [5.41, 5.74) is 2.38. The second-order valence-corrected chi connectivity index (χ2v) is 5.40. The summed E-state index contributed by atoms with van der Waals surface area (Å²) in [6, 6.07) is 8.29. The number of nitrogens with zero attached hydrogens (tertiary/aromatic N) is 1. The molecule has 1 aliphatic rings. The fraction of sp³-hybridized carbons (Fsp3) is 0.533. The van der Waals surface area contributed by atoms with E-state index in [1.165, 1.54) is 11.1 Å². The van der Waals surface area contributed by atoms with Crippen molar-refractivity contribution in [2.24, 2.45) is 11.8 Å². The summed E-state index contributed by atoms with van der Waals surface area (Å²) in [4.78, 5) is 13.5. The smallest absolute Gasteiger partial charge is 0.124 e. The minimum Gasteiger partial charge on any atom is -0.396 e. The van der Waals surface area contributed by atoms with Crippen molar-refractivity contribution in [2.45, 2.75) is 12.8 Å². The monoisotopic (exact) mass is 247 g/mol. The molecule has 2 unspecified atom stereocenters. The lowest BCUT2D eigenvalue weighted by molar-refractivity contribution is -0.114. The van der Waals surface area contributed by atoms with Gasteiger partial charge in [-0.2, -0.15) is 0 Å². The normalized spacial score (nSPS) is 29.2. The molecule has 0 spiro atoms. The van der Waals surface area contributed by atoms with Gasteiger partial charge in [-0.15, -0.1) is 0 Å². The van der Waals surface area contributed by atoms with E-state index in [-0.39, 0.29) is 24.4 Å². The van der Waals surface area contributed by atoms with Crippen LogP contribution < -0.4 is 0 Å². The van der Waals surface area contributed by atoms with Gasteiger partial charge < -0.3 is 14.8 Å². The van der Waals surface area contributed by atoms with Crippen molar-refractivity contribution in [3.63, 3.8) is 0 Å². The number of aryl methyl sites for hydroxylation is 1. The van der Waals surface area contributed by atoms with E-state index in [4.69, 9.17) is 0 Å². The molecule has 1 N–H and O–H groups in total. The zero-order valence-electron chi connectivity index (χ0n) is 11.0. The number of carbonyl (C=O) groups is 1. The molecule has 0 aliphatic carbocycles. The summed E-state index contributed by atoms with van der Waals surface area (Å²) in [5.74, 6) is 0.257. The molecule has 1 aliphatic heterocycles. The zero-order chi connectivity index (χ0) is 13.1. The first-order chi connectivity index (χ1) is 8.65. The van der Waals surface area contributed by atoms with Crippen LogP contribution >= 0.6 is 0 Å². The first-order valence-electron chi connectivity index (χ1n) is 6.47. The summed E-state index contributed by atoms with van der Waals surface area (Å²) in [6.45, 7) is 3.81. The summed E-state index contributed by atoms with van der Waals surface area (Å²) >= 11 is 0. The largest absolute Gasteiger partial charge is 0.396 e. The van der Waals surface area contributed by atoms with Crippen LogP contribution in [0, 0.1) is 18.8 Å².